The van der Waals surface area contributed by atoms with Gasteiger partial charge in [-0.3, -0.25) is 9.67 Å². The Morgan fingerprint density at radius 2 is 1.82 bits per heavy atom. The molecule has 0 saturated carbocycles. The lowest BCUT2D eigenvalue weighted by Crippen LogP contribution is -2.38. The second-order valence-corrected chi connectivity index (χ2v) is 6.14. The second-order valence-electron chi connectivity index (χ2n) is 6.14. The molecule has 0 radical (unpaired) electrons. The van der Waals surface area contributed by atoms with Crippen LogP contribution in [0.15, 0.2) is 36.9 Å². The molecule has 2 rings (SSSR count). The van der Waals surface area contributed by atoms with Crippen molar-refractivity contribution in [2.45, 2.75) is 44.9 Å². The van der Waals surface area contributed by atoms with Gasteiger partial charge in [0, 0.05) is 25.0 Å². The quantitative estimate of drug-likeness (QED) is 0.937. The number of halogens is 3. The minimum absolute atomic E-state index is 0.160. The molecule has 7 heteroatoms. The number of nitrogens with zero attached hydrogens (tertiary/aromatic N) is 3. The summed E-state index contributed by atoms with van der Waals surface area (Å²) in [6.07, 6.45) is 1.46. The third-order valence-electron chi connectivity index (χ3n) is 3.20. The molecule has 0 aromatic carbocycles. The summed E-state index contributed by atoms with van der Waals surface area (Å²) in [5.74, 6) is 0. The number of anilines is 1. The molecule has 2 aromatic rings. The molecule has 0 spiro atoms. The van der Waals surface area contributed by atoms with Crippen LogP contribution in [0.5, 0.6) is 0 Å². The van der Waals surface area contributed by atoms with Gasteiger partial charge in [-0.15, -0.1) is 0 Å². The van der Waals surface area contributed by atoms with Gasteiger partial charge in [-0.1, -0.05) is 0 Å². The first-order valence-corrected chi connectivity index (χ1v) is 6.93. The van der Waals surface area contributed by atoms with Gasteiger partial charge < -0.3 is 5.32 Å². The van der Waals surface area contributed by atoms with Crippen molar-refractivity contribution in [1.29, 1.82) is 0 Å². The molecule has 0 amide bonds. The van der Waals surface area contributed by atoms with E-state index in [9.17, 15) is 13.2 Å². The molecule has 22 heavy (non-hydrogen) atoms. The van der Waals surface area contributed by atoms with Gasteiger partial charge in [-0.2, -0.15) is 18.3 Å². The minimum Gasteiger partial charge on any atom is -0.371 e. The summed E-state index contributed by atoms with van der Waals surface area (Å²) in [5.41, 5.74) is 0.651. The maximum atomic E-state index is 13.2. The van der Waals surface area contributed by atoms with Crippen molar-refractivity contribution in [2.24, 2.45) is 0 Å². The smallest absolute Gasteiger partial charge is 0.371 e. The highest BCUT2D eigenvalue weighted by atomic mass is 19.4. The molecule has 1 atom stereocenters. The fraction of sp³-hybridized carbons (Fsp3) is 0.467. The van der Waals surface area contributed by atoms with Crippen LogP contribution in [0.1, 0.15) is 26.3 Å². The standard InChI is InChI=1S/C15H19F3N4/c1-14(2,3)22-10-12(9-20-22)21-13(15(16,17)18)8-11-4-6-19-7-5-11/h4-7,9-10,13,21H,8H2,1-3H3/t13-/m1/s1. The number of hydrogen-bond acceptors (Lipinski definition) is 3. The normalized spacial score (nSPS) is 13.9. The zero-order valence-corrected chi connectivity index (χ0v) is 12.7. The first-order chi connectivity index (χ1) is 10.2. The molecule has 0 fully saturated rings. The van der Waals surface area contributed by atoms with Crippen LogP contribution in [0.4, 0.5) is 18.9 Å². The SMILES string of the molecule is CC(C)(C)n1cc(N[C@H](Cc2ccncc2)C(F)(F)F)cn1. The number of rotatable bonds is 4. The molecular weight excluding hydrogens is 293 g/mol. The number of pyridine rings is 1. The molecule has 2 heterocycles. The fourth-order valence-electron chi connectivity index (χ4n) is 1.97. The summed E-state index contributed by atoms with van der Waals surface area (Å²) in [5, 5.41) is 6.64. The maximum Gasteiger partial charge on any atom is 0.408 e. The van der Waals surface area contributed by atoms with E-state index in [0.717, 1.165) is 0 Å². The first-order valence-electron chi connectivity index (χ1n) is 6.93. The van der Waals surface area contributed by atoms with Crippen molar-refractivity contribution in [3.8, 4) is 0 Å². The van der Waals surface area contributed by atoms with Crippen LogP contribution in [0.3, 0.4) is 0 Å². The molecule has 0 aliphatic rings. The van der Waals surface area contributed by atoms with Gasteiger partial charge in [0.25, 0.3) is 0 Å². The summed E-state index contributed by atoms with van der Waals surface area (Å²) in [7, 11) is 0. The summed E-state index contributed by atoms with van der Waals surface area (Å²) in [6, 6.07) is 1.49. The number of nitrogens with one attached hydrogen (secondary N) is 1. The Morgan fingerprint density at radius 3 is 2.32 bits per heavy atom. The molecule has 0 aliphatic heterocycles. The Morgan fingerprint density at radius 1 is 1.18 bits per heavy atom. The van der Waals surface area contributed by atoms with Gasteiger partial charge in [0.1, 0.15) is 6.04 Å². The van der Waals surface area contributed by atoms with Gasteiger partial charge in [-0.25, -0.2) is 0 Å². The fourth-order valence-corrected chi connectivity index (χ4v) is 1.97. The number of alkyl halides is 3. The van der Waals surface area contributed by atoms with Gasteiger partial charge >= 0.3 is 6.18 Å². The number of hydrogen-bond donors (Lipinski definition) is 1. The number of aromatic nitrogens is 3. The highest BCUT2D eigenvalue weighted by Crippen LogP contribution is 2.27. The third-order valence-corrected chi connectivity index (χ3v) is 3.20. The van der Waals surface area contributed by atoms with Crippen LogP contribution in [0.2, 0.25) is 0 Å². The molecule has 0 bridgehead atoms. The van der Waals surface area contributed by atoms with Crippen molar-refractivity contribution >= 4 is 5.69 Å². The minimum atomic E-state index is -4.35. The zero-order valence-electron chi connectivity index (χ0n) is 12.7. The van der Waals surface area contributed by atoms with Crippen LogP contribution in [0, 0.1) is 0 Å². The van der Waals surface area contributed by atoms with Crippen LogP contribution < -0.4 is 5.32 Å². The van der Waals surface area contributed by atoms with Crippen molar-refractivity contribution in [3.63, 3.8) is 0 Å². The van der Waals surface area contributed by atoms with E-state index < -0.39 is 12.2 Å². The third kappa shape index (κ3) is 4.22. The molecule has 1 N–H and O–H groups in total. The van der Waals surface area contributed by atoms with E-state index in [1.807, 2.05) is 20.8 Å². The van der Waals surface area contributed by atoms with E-state index in [2.05, 4.69) is 15.4 Å². The van der Waals surface area contributed by atoms with Gasteiger partial charge in [0.15, 0.2) is 0 Å². The lowest BCUT2D eigenvalue weighted by molar-refractivity contribution is -0.142. The zero-order chi connectivity index (χ0) is 16.4. The van der Waals surface area contributed by atoms with Crippen LogP contribution in [0.25, 0.3) is 0 Å². The average Bonchev–Trinajstić information content (AvgIpc) is 2.87. The Bertz CT molecular complexity index is 599. The van der Waals surface area contributed by atoms with Crippen molar-refractivity contribution in [1.82, 2.24) is 14.8 Å². The van der Waals surface area contributed by atoms with E-state index in [1.54, 1.807) is 23.0 Å². The molecule has 2 aromatic heterocycles. The van der Waals surface area contributed by atoms with Gasteiger partial charge in [-0.05, 0) is 38.5 Å². The van der Waals surface area contributed by atoms with E-state index in [0.29, 0.717) is 11.3 Å². The lowest BCUT2D eigenvalue weighted by Gasteiger charge is -2.22. The summed E-state index contributed by atoms with van der Waals surface area (Å²) < 4.78 is 41.3. The van der Waals surface area contributed by atoms with Crippen LogP contribution >= 0.6 is 0 Å². The maximum absolute atomic E-state index is 13.2. The van der Waals surface area contributed by atoms with Crippen molar-refractivity contribution in [3.05, 3.63) is 42.5 Å². The Labute approximate surface area is 127 Å². The molecule has 120 valence electrons. The predicted molar refractivity (Wildman–Crippen MR) is 78.6 cm³/mol. The Hall–Kier alpha value is -2.05. The highest BCUT2D eigenvalue weighted by Gasteiger charge is 2.39. The summed E-state index contributed by atoms with van der Waals surface area (Å²) >= 11 is 0. The average molecular weight is 312 g/mol. The van der Waals surface area contributed by atoms with E-state index in [4.69, 9.17) is 0 Å². The van der Waals surface area contributed by atoms with Crippen molar-refractivity contribution in [2.75, 3.05) is 5.32 Å². The molecular formula is C15H19F3N4. The largest absolute Gasteiger partial charge is 0.408 e. The first kappa shape index (κ1) is 16.3. The van der Waals surface area contributed by atoms with Crippen LogP contribution in [-0.2, 0) is 12.0 Å². The lowest BCUT2D eigenvalue weighted by atomic mass is 10.1. The molecule has 0 saturated heterocycles. The van der Waals surface area contributed by atoms with E-state index in [-0.39, 0.29) is 12.0 Å². The molecule has 0 unspecified atom stereocenters. The van der Waals surface area contributed by atoms with Crippen LogP contribution in [-0.4, -0.2) is 27.0 Å². The van der Waals surface area contributed by atoms with Gasteiger partial charge in [0.05, 0.1) is 17.4 Å². The Balaban J connectivity index is 2.15. The van der Waals surface area contributed by atoms with E-state index in [1.165, 1.54) is 18.6 Å². The van der Waals surface area contributed by atoms with E-state index >= 15 is 0 Å². The predicted octanol–water partition coefficient (Wildman–Crippen LogP) is 3.62. The highest BCUT2D eigenvalue weighted by molar-refractivity contribution is 5.40. The van der Waals surface area contributed by atoms with Gasteiger partial charge in [0.2, 0.25) is 0 Å². The summed E-state index contributed by atoms with van der Waals surface area (Å²) in [4.78, 5) is 3.81. The summed E-state index contributed by atoms with van der Waals surface area (Å²) in [6.45, 7) is 5.80. The molecule has 0 aliphatic carbocycles. The Kier molecular flexibility index (Phi) is 4.44. The van der Waals surface area contributed by atoms with Crippen molar-refractivity contribution < 1.29 is 13.2 Å². The topological polar surface area (TPSA) is 42.7 Å². The molecule has 4 nitrogen and oxygen atoms in total. The monoisotopic (exact) mass is 312 g/mol. The second kappa shape index (κ2) is 5.98.